The van der Waals surface area contributed by atoms with Crippen molar-refractivity contribution in [2.24, 2.45) is 0 Å². The van der Waals surface area contributed by atoms with Gasteiger partial charge in [0.15, 0.2) is 0 Å². The summed E-state index contributed by atoms with van der Waals surface area (Å²) in [5.74, 6) is 0.482. The van der Waals surface area contributed by atoms with Crippen LogP contribution in [0.1, 0.15) is 0 Å². The van der Waals surface area contributed by atoms with E-state index in [4.69, 9.17) is 5.73 Å². The van der Waals surface area contributed by atoms with Gasteiger partial charge in [-0.05, 0) is 6.07 Å². The minimum Gasteiger partial charge on any atom is -0.384 e. The Bertz CT molecular complexity index is 355. The van der Waals surface area contributed by atoms with Crippen LogP contribution in [0.15, 0.2) is 23.0 Å². The van der Waals surface area contributed by atoms with Crippen molar-refractivity contribution in [3.05, 3.63) is 18.5 Å². The number of nitrogens with zero attached hydrogens (tertiary/aromatic N) is 2. The van der Waals surface area contributed by atoms with Gasteiger partial charge in [-0.1, -0.05) is 5.16 Å². The van der Waals surface area contributed by atoms with Crippen LogP contribution in [0.25, 0.3) is 10.9 Å². The Morgan fingerprint density at radius 2 is 2.40 bits per heavy atom. The van der Waals surface area contributed by atoms with E-state index in [2.05, 4.69) is 14.7 Å². The molecule has 0 saturated heterocycles. The van der Waals surface area contributed by atoms with Crippen molar-refractivity contribution in [2.75, 3.05) is 5.73 Å². The number of nitrogen functional groups attached to an aromatic ring is 1. The van der Waals surface area contributed by atoms with E-state index in [9.17, 15) is 0 Å². The van der Waals surface area contributed by atoms with Gasteiger partial charge in [-0.15, -0.1) is 0 Å². The second-order valence-corrected chi connectivity index (χ2v) is 1.98. The van der Waals surface area contributed by atoms with Crippen LogP contribution in [-0.4, -0.2) is 10.1 Å². The number of fused-ring (bicyclic) bond motifs is 1. The average Bonchev–Trinajstić information content (AvgIpc) is 2.33. The smallest absolute Gasteiger partial charge is 0.132 e. The van der Waals surface area contributed by atoms with E-state index in [1.165, 1.54) is 6.26 Å². The highest BCUT2D eigenvalue weighted by atomic mass is 16.5. The zero-order chi connectivity index (χ0) is 6.97. The first-order valence-corrected chi connectivity index (χ1v) is 2.82. The van der Waals surface area contributed by atoms with Crippen LogP contribution >= 0.6 is 0 Å². The van der Waals surface area contributed by atoms with Gasteiger partial charge >= 0.3 is 0 Å². The van der Waals surface area contributed by atoms with E-state index in [0.717, 1.165) is 10.9 Å². The molecule has 0 aliphatic carbocycles. The summed E-state index contributed by atoms with van der Waals surface area (Å²) in [7, 11) is 0. The third-order valence-electron chi connectivity index (χ3n) is 1.27. The topological polar surface area (TPSA) is 64.9 Å². The van der Waals surface area contributed by atoms with Crippen molar-refractivity contribution in [1.29, 1.82) is 0 Å². The number of anilines is 1. The molecule has 4 heteroatoms. The Morgan fingerprint density at radius 1 is 1.50 bits per heavy atom. The van der Waals surface area contributed by atoms with Crippen molar-refractivity contribution < 1.29 is 4.52 Å². The standard InChI is InChI=1S/C6H5N3O/c7-6-1-4-3-10-9-5(4)2-8-6/h1-3H,7H2. The van der Waals surface area contributed by atoms with Crippen LogP contribution in [-0.2, 0) is 0 Å². The third-order valence-corrected chi connectivity index (χ3v) is 1.27. The summed E-state index contributed by atoms with van der Waals surface area (Å²) in [6, 6.07) is 1.71. The molecule has 2 rings (SSSR count). The monoisotopic (exact) mass is 135 g/mol. The summed E-state index contributed by atoms with van der Waals surface area (Å²) in [5.41, 5.74) is 6.13. The van der Waals surface area contributed by atoms with E-state index in [0.29, 0.717) is 5.82 Å². The molecular weight excluding hydrogens is 130 g/mol. The number of aromatic nitrogens is 2. The van der Waals surface area contributed by atoms with E-state index >= 15 is 0 Å². The van der Waals surface area contributed by atoms with Crippen LogP contribution in [0, 0.1) is 0 Å². The first-order valence-electron chi connectivity index (χ1n) is 2.82. The molecular formula is C6H5N3O. The Morgan fingerprint density at radius 3 is 3.30 bits per heavy atom. The summed E-state index contributed by atoms with van der Waals surface area (Å²) >= 11 is 0. The lowest BCUT2D eigenvalue weighted by Crippen LogP contribution is -1.87. The molecule has 0 atom stereocenters. The number of hydrogen-bond donors (Lipinski definition) is 1. The second-order valence-electron chi connectivity index (χ2n) is 1.98. The van der Waals surface area contributed by atoms with Gasteiger partial charge in [0.05, 0.1) is 6.20 Å². The van der Waals surface area contributed by atoms with Gasteiger partial charge in [-0.25, -0.2) is 4.98 Å². The zero-order valence-electron chi connectivity index (χ0n) is 5.11. The molecule has 2 aromatic rings. The SMILES string of the molecule is Nc1cc2conc2cn1. The Kier molecular flexibility index (Phi) is 0.887. The lowest BCUT2D eigenvalue weighted by atomic mass is 10.3. The average molecular weight is 135 g/mol. The molecule has 0 fully saturated rings. The number of hydrogen-bond acceptors (Lipinski definition) is 4. The molecule has 0 spiro atoms. The fraction of sp³-hybridized carbons (Fsp3) is 0. The minimum absolute atomic E-state index is 0.482. The van der Waals surface area contributed by atoms with Gasteiger partial charge < -0.3 is 10.3 Å². The third kappa shape index (κ3) is 0.621. The maximum absolute atomic E-state index is 5.40. The summed E-state index contributed by atoms with van der Waals surface area (Å²) < 4.78 is 4.67. The van der Waals surface area contributed by atoms with Gasteiger partial charge in [0, 0.05) is 5.39 Å². The number of pyridine rings is 1. The van der Waals surface area contributed by atoms with Crippen molar-refractivity contribution in [1.82, 2.24) is 10.1 Å². The quantitative estimate of drug-likeness (QED) is 0.580. The van der Waals surface area contributed by atoms with Gasteiger partial charge in [0.1, 0.15) is 17.6 Å². The molecule has 0 aliphatic heterocycles. The van der Waals surface area contributed by atoms with Gasteiger partial charge in [0.25, 0.3) is 0 Å². The van der Waals surface area contributed by atoms with E-state index in [-0.39, 0.29) is 0 Å². The molecule has 2 N–H and O–H groups in total. The number of nitrogens with two attached hydrogens (primary N) is 1. The van der Waals surface area contributed by atoms with Crippen LogP contribution in [0.5, 0.6) is 0 Å². The molecule has 0 radical (unpaired) electrons. The van der Waals surface area contributed by atoms with Crippen LogP contribution in [0.4, 0.5) is 5.82 Å². The Labute approximate surface area is 56.6 Å². The highest BCUT2D eigenvalue weighted by Gasteiger charge is 1.96. The molecule has 0 aromatic carbocycles. The molecule has 0 aliphatic rings. The predicted molar refractivity (Wildman–Crippen MR) is 36.2 cm³/mol. The van der Waals surface area contributed by atoms with Crippen LogP contribution < -0.4 is 5.73 Å². The molecule has 0 saturated carbocycles. The minimum atomic E-state index is 0.482. The maximum atomic E-state index is 5.40. The van der Waals surface area contributed by atoms with E-state index < -0.39 is 0 Å². The molecule has 0 bridgehead atoms. The summed E-state index contributed by atoms with van der Waals surface area (Å²) in [5, 5.41) is 4.55. The largest absolute Gasteiger partial charge is 0.384 e. The molecule has 10 heavy (non-hydrogen) atoms. The molecule has 0 amide bonds. The molecule has 2 aromatic heterocycles. The fourth-order valence-corrected chi connectivity index (χ4v) is 0.791. The second kappa shape index (κ2) is 1.70. The van der Waals surface area contributed by atoms with E-state index in [1.54, 1.807) is 12.3 Å². The van der Waals surface area contributed by atoms with Crippen LogP contribution in [0.2, 0.25) is 0 Å². The maximum Gasteiger partial charge on any atom is 0.132 e. The van der Waals surface area contributed by atoms with Gasteiger partial charge in [-0.2, -0.15) is 0 Å². The fourth-order valence-electron chi connectivity index (χ4n) is 0.791. The van der Waals surface area contributed by atoms with Crippen molar-refractivity contribution in [2.45, 2.75) is 0 Å². The van der Waals surface area contributed by atoms with Crippen molar-refractivity contribution in [3.63, 3.8) is 0 Å². The summed E-state index contributed by atoms with van der Waals surface area (Å²) in [6.07, 6.45) is 3.11. The Hall–Kier alpha value is -1.58. The van der Waals surface area contributed by atoms with Crippen molar-refractivity contribution >= 4 is 16.7 Å². The summed E-state index contributed by atoms with van der Waals surface area (Å²) in [4.78, 5) is 3.83. The Balaban J connectivity index is 2.86. The predicted octanol–water partition coefficient (Wildman–Crippen LogP) is 0.805. The molecule has 2 heterocycles. The zero-order valence-corrected chi connectivity index (χ0v) is 5.11. The normalized spacial score (nSPS) is 10.4. The lowest BCUT2D eigenvalue weighted by molar-refractivity contribution is 0.428. The van der Waals surface area contributed by atoms with Crippen LogP contribution in [0.3, 0.4) is 0 Å². The van der Waals surface area contributed by atoms with Crippen molar-refractivity contribution in [3.8, 4) is 0 Å². The van der Waals surface area contributed by atoms with Gasteiger partial charge in [-0.3, -0.25) is 0 Å². The molecule has 4 nitrogen and oxygen atoms in total. The first kappa shape index (κ1) is 5.22. The highest BCUT2D eigenvalue weighted by molar-refractivity contribution is 5.78. The first-order chi connectivity index (χ1) is 4.86. The number of rotatable bonds is 0. The molecule has 50 valence electrons. The lowest BCUT2D eigenvalue weighted by Gasteiger charge is -1.86. The molecule has 0 unspecified atom stereocenters. The van der Waals surface area contributed by atoms with E-state index in [1.807, 2.05) is 0 Å². The highest BCUT2D eigenvalue weighted by Crippen LogP contribution is 2.11. The summed E-state index contributed by atoms with van der Waals surface area (Å²) in [6.45, 7) is 0. The van der Waals surface area contributed by atoms with Gasteiger partial charge in [0.2, 0.25) is 0 Å².